The average Bonchev–Trinajstić information content (AvgIpc) is 3.72. The molecule has 3 heterocycles. The Balaban J connectivity index is 1.22. The predicted molar refractivity (Wildman–Crippen MR) is 209 cm³/mol. The van der Waals surface area contributed by atoms with Crippen molar-refractivity contribution < 1.29 is 0 Å². The highest BCUT2D eigenvalue weighted by atomic mass is 32.2. The topological polar surface area (TPSA) is 22.8 Å². The van der Waals surface area contributed by atoms with Crippen LogP contribution in [0.25, 0.3) is 44.2 Å². The third kappa shape index (κ3) is 4.26. The van der Waals surface area contributed by atoms with Gasteiger partial charge in [0.1, 0.15) is 5.82 Å². The number of para-hydroxylation sites is 2. The van der Waals surface area contributed by atoms with Crippen molar-refractivity contribution in [2.75, 3.05) is 0 Å². The molecular formula is C44H31N3SSi. The first-order chi connectivity index (χ1) is 24.3. The molecule has 0 aliphatic carbocycles. The number of hydrogen-bond acceptors (Lipinski definition) is 2. The van der Waals surface area contributed by atoms with E-state index >= 15 is 0 Å². The summed E-state index contributed by atoms with van der Waals surface area (Å²) < 4.78 is 4.76. The number of aromatic nitrogens is 3. The molecule has 0 fully saturated rings. The minimum atomic E-state index is -2.67. The lowest BCUT2D eigenvalue weighted by Crippen LogP contribution is -2.74. The monoisotopic (exact) mass is 661 g/mol. The van der Waals surface area contributed by atoms with Gasteiger partial charge in [0.15, 0.2) is 8.07 Å². The van der Waals surface area contributed by atoms with Crippen LogP contribution in [0.1, 0.15) is 5.82 Å². The summed E-state index contributed by atoms with van der Waals surface area (Å²) >= 11 is 1.87. The van der Waals surface area contributed by atoms with Gasteiger partial charge in [0, 0.05) is 21.4 Å². The normalized spacial score (nSPS) is 12.7. The molecule has 232 valence electrons. The quantitative estimate of drug-likeness (QED) is 0.137. The summed E-state index contributed by atoms with van der Waals surface area (Å²) in [5.74, 6) is 1.97. The van der Waals surface area contributed by atoms with Gasteiger partial charge in [0.2, 0.25) is 0 Å². The Labute approximate surface area is 290 Å². The minimum absolute atomic E-state index is 0.870. The third-order valence-corrected chi connectivity index (χ3v) is 16.0. The van der Waals surface area contributed by atoms with E-state index in [0.29, 0.717) is 0 Å². The molecule has 3 nitrogen and oxygen atoms in total. The van der Waals surface area contributed by atoms with E-state index in [-0.39, 0.29) is 0 Å². The lowest BCUT2D eigenvalue weighted by molar-refractivity contribution is 0.945. The number of imidazole rings is 1. The first-order valence-electron chi connectivity index (χ1n) is 16.7. The third-order valence-electron chi connectivity index (χ3n) is 10.2. The molecular weight excluding hydrogens is 631 g/mol. The summed E-state index contributed by atoms with van der Waals surface area (Å²) in [5, 5.41) is 8.03. The zero-order chi connectivity index (χ0) is 32.4. The SMILES string of the molecule is c1ccc([Si](c2ccccc2)(c2ccccc2)c2ccc3c(c2)c2ccccc2n3-c2ccc3c(c2)nc2n3-c3ccccc3SC2)cc1. The molecule has 0 atom stereocenters. The number of rotatable bonds is 5. The van der Waals surface area contributed by atoms with Crippen LogP contribution in [0.4, 0.5) is 0 Å². The Kier molecular flexibility index (Phi) is 6.51. The maximum Gasteiger partial charge on any atom is 0.179 e. The standard InChI is InChI=1S/C44H31N3SSi/c1-4-14-32(15-5-1)49(33-16-6-2-7-17-33,34-18-8-3-9-19-34)35-25-27-40-37(29-35)36-20-10-11-21-39(36)46(40)31-24-26-41-38(28-31)45-44-30-48-43-23-13-12-22-42(43)47(41)44/h1-29H,30H2. The van der Waals surface area contributed by atoms with Crippen molar-refractivity contribution in [3.05, 3.63) is 182 Å². The fourth-order valence-corrected chi connectivity index (χ4v) is 13.8. The Morgan fingerprint density at radius 2 is 1.06 bits per heavy atom. The van der Waals surface area contributed by atoms with E-state index in [4.69, 9.17) is 4.98 Å². The Morgan fingerprint density at radius 1 is 0.469 bits per heavy atom. The van der Waals surface area contributed by atoms with Gasteiger partial charge in [0.05, 0.1) is 33.5 Å². The average molecular weight is 662 g/mol. The lowest BCUT2D eigenvalue weighted by Gasteiger charge is -2.34. The highest BCUT2D eigenvalue weighted by Crippen LogP contribution is 2.38. The van der Waals surface area contributed by atoms with E-state index in [1.54, 1.807) is 0 Å². The van der Waals surface area contributed by atoms with E-state index in [1.807, 2.05) is 11.8 Å². The molecule has 2 aromatic heterocycles. The molecule has 0 spiro atoms. The maximum atomic E-state index is 5.16. The summed E-state index contributed by atoms with van der Waals surface area (Å²) in [7, 11) is -2.67. The van der Waals surface area contributed by atoms with E-state index in [1.165, 1.54) is 53.1 Å². The Hall–Kier alpha value is -5.62. The van der Waals surface area contributed by atoms with Crippen LogP contribution in [0.5, 0.6) is 0 Å². The molecule has 9 aromatic rings. The molecule has 1 aliphatic heterocycles. The van der Waals surface area contributed by atoms with Gasteiger partial charge >= 0.3 is 0 Å². The van der Waals surface area contributed by atoms with Crippen LogP contribution in [0, 0.1) is 0 Å². The largest absolute Gasteiger partial charge is 0.309 e. The van der Waals surface area contributed by atoms with Gasteiger partial charge in [-0.3, -0.25) is 4.57 Å². The first-order valence-corrected chi connectivity index (χ1v) is 19.7. The predicted octanol–water partition coefficient (Wildman–Crippen LogP) is 8.11. The summed E-state index contributed by atoms with van der Waals surface area (Å²) in [5.41, 5.74) is 6.92. The van der Waals surface area contributed by atoms with E-state index in [2.05, 4.69) is 185 Å². The molecule has 0 saturated heterocycles. The summed E-state index contributed by atoms with van der Waals surface area (Å²) in [6.07, 6.45) is 0. The van der Waals surface area contributed by atoms with Crippen molar-refractivity contribution in [1.29, 1.82) is 0 Å². The zero-order valence-corrected chi connectivity index (χ0v) is 28.5. The number of thioether (sulfide) groups is 1. The molecule has 7 aromatic carbocycles. The van der Waals surface area contributed by atoms with Gasteiger partial charge < -0.3 is 4.57 Å². The van der Waals surface area contributed by atoms with Crippen molar-refractivity contribution in [2.24, 2.45) is 0 Å². The molecule has 49 heavy (non-hydrogen) atoms. The smallest absolute Gasteiger partial charge is 0.179 e. The zero-order valence-electron chi connectivity index (χ0n) is 26.7. The maximum absolute atomic E-state index is 5.16. The number of fused-ring (bicyclic) bond motifs is 8. The fraction of sp³-hybridized carbons (Fsp3) is 0.0227. The molecule has 5 heteroatoms. The molecule has 1 aliphatic rings. The molecule has 0 N–H and O–H groups in total. The Morgan fingerprint density at radius 3 is 1.78 bits per heavy atom. The van der Waals surface area contributed by atoms with Crippen LogP contribution in [0.15, 0.2) is 181 Å². The second-order valence-corrected chi connectivity index (χ2v) is 17.6. The van der Waals surface area contributed by atoms with Crippen molar-refractivity contribution in [3.63, 3.8) is 0 Å². The number of hydrogen-bond donors (Lipinski definition) is 0. The summed E-state index contributed by atoms with van der Waals surface area (Å²) in [4.78, 5) is 6.47. The summed E-state index contributed by atoms with van der Waals surface area (Å²) in [6, 6.07) is 65.0. The van der Waals surface area contributed by atoms with Crippen LogP contribution in [-0.2, 0) is 5.75 Å². The van der Waals surface area contributed by atoms with Gasteiger partial charge in [-0.2, -0.15) is 0 Å². The number of benzene rings is 7. The van der Waals surface area contributed by atoms with Crippen molar-refractivity contribution in [2.45, 2.75) is 10.6 Å². The molecule has 0 radical (unpaired) electrons. The van der Waals surface area contributed by atoms with Gasteiger partial charge in [-0.1, -0.05) is 133 Å². The molecule has 0 bridgehead atoms. The highest BCUT2D eigenvalue weighted by Gasteiger charge is 2.41. The van der Waals surface area contributed by atoms with Crippen molar-refractivity contribution >= 4 is 73.4 Å². The molecule has 0 saturated carbocycles. The highest BCUT2D eigenvalue weighted by molar-refractivity contribution is 7.98. The van der Waals surface area contributed by atoms with Gasteiger partial charge in [-0.15, -0.1) is 11.8 Å². The van der Waals surface area contributed by atoms with Crippen LogP contribution >= 0.6 is 11.8 Å². The van der Waals surface area contributed by atoms with Crippen LogP contribution < -0.4 is 20.7 Å². The summed E-state index contributed by atoms with van der Waals surface area (Å²) in [6.45, 7) is 0. The van der Waals surface area contributed by atoms with Gasteiger partial charge in [0.25, 0.3) is 0 Å². The van der Waals surface area contributed by atoms with E-state index < -0.39 is 8.07 Å². The van der Waals surface area contributed by atoms with E-state index in [9.17, 15) is 0 Å². The first kappa shape index (κ1) is 28.4. The second kappa shape index (κ2) is 11.2. The van der Waals surface area contributed by atoms with E-state index in [0.717, 1.165) is 28.3 Å². The van der Waals surface area contributed by atoms with Crippen LogP contribution in [0.2, 0.25) is 0 Å². The van der Waals surface area contributed by atoms with Crippen LogP contribution in [-0.4, -0.2) is 22.2 Å². The van der Waals surface area contributed by atoms with Gasteiger partial charge in [-0.05, 0) is 63.2 Å². The lowest BCUT2D eigenvalue weighted by atomic mass is 10.1. The molecule has 10 rings (SSSR count). The molecule has 0 amide bonds. The fourth-order valence-electron chi connectivity index (χ4n) is 8.08. The number of nitrogens with zero attached hydrogens (tertiary/aromatic N) is 3. The van der Waals surface area contributed by atoms with Crippen molar-refractivity contribution in [1.82, 2.24) is 14.1 Å². The minimum Gasteiger partial charge on any atom is -0.309 e. The van der Waals surface area contributed by atoms with Gasteiger partial charge in [-0.25, -0.2) is 4.98 Å². The van der Waals surface area contributed by atoms with Crippen LogP contribution in [0.3, 0.4) is 0 Å². The Bertz CT molecular complexity index is 2560. The molecule has 0 unspecified atom stereocenters. The van der Waals surface area contributed by atoms with Crippen molar-refractivity contribution in [3.8, 4) is 11.4 Å². The second-order valence-electron chi connectivity index (χ2n) is 12.7.